The molecule has 132 valence electrons. The monoisotopic (exact) mass is 353 g/mol. The lowest BCUT2D eigenvalue weighted by Gasteiger charge is -2.12. The quantitative estimate of drug-likeness (QED) is 0.442. The van der Waals surface area contributed by atoms with Crippen LogP contribution in [0.15, 0.2) is 35.8 Å². The Morgan fingerprint density at radius 2 is 1.96 bits per heavy atom. The Kier molecular flexibility index (Phi) is 3.50. The summed E-state index contributed by atoms with van der Waals surface area (Å²) in [6.45, 7) is 3.87. The second-order valence-corrected chi connectivity index (χ2v) is 6.25. The van der Waals surface area contributed by atoms with Crippen molar-refractivity contribution in [1.29, 1.82) is 0 Å². The van der Waals surface area contributed by atoms with Gasteiger partial charge in [-0.2, -0.15) is 4.57 Å². The molecule has 0 atom stereocenters. The number of hydrogen-bond acceptors (Lipinski definition) is 5. The van der Waals surface area contributed by atoms with Crippen molar-refractivity contribution in [1.82, 2.24) is 24.5 Å². The molecular formula is C17H17N6O3+. The van der Waals surface area contributed by atoms with E-state index in [2.05, 4.69) is 24.9 Å². The van der Waals surface area contributed by atoms with Gasteiger partial charge in [-0.25, -0.2) is 14.8 Å². The molecule has 0 unspecified atom stereocenters. The van der Waals surface area contributed by atoms with Gasteiger partial charge in [0, 0.05) is 12.3 Å². The number of benzene rings is 1. The summed E-state index contributed by atoms with van der Waals surface area (Å²) in [4.78, 5) is 29.2. The molecule has 9 heteroatoms. The number of rotatable bonds is 3. The summed E-state index contributed by atoms with van der Waals surface area (Å²) in [7, 11) is 0. The van der Waals surface area contributed by atoms with E-state index in [9.17, 15) is 15.0 Å². The fraction of sp³-hybridized carbons (Fsp3) is 0.176. The van der Waals surface area contributed by atoms with Crippen molar-refractivity contribution in [3.8, 4) is 28.6 Å². The van der Waals surface area contributed by atoms with E-state index in [1.165, 1.54) is 29.5 Å². The van der Waals surface area contributed by atoms with E-state index in [-0.39, 0.29) is 17.4 Å². The van der Waals surface area contributed by atoms with Crippen molar-refractivity contribution in [3.63, 3.8) is 0 Å². The maximum absolute atomic E-state index is 12.5. The molecule has 0 aliphatic carbocycles. The van der Waals surface area contributed by atoms with Crippen LogP contribution < -0.4 is 10.7 Å². The Bertz CT molecular complexity index is 1170. The molecule has 5 N–H and O–H groups in total. The van der Waals surface area contributed by atoms with Crippen molar-refractivity contribution < 1.29 is 15.2 Å². The summed E-state index contributed by atoms with van der Waals surface area (Å²) in [6, 6.07) is 2.97. The number of nitrogens with one attached hydrogen (secondary N) is 3. The molecule has 3 aromatic heterocycles. The predicted molar refractivity (Wildman–Crippen MR) is 93.2 cm³/mol. The third kappa shape index (κ3) is 2.32. The van der Waals surface area contributed by atoms with E-state index in [1.54, 1.807) is 6.07 Å². The minimum absolute atomic E-state index is 0.0112. The average molecular weight is 353 g/mol. The third-order valence-corrected chi connectivity index (χ3v) is 4.29. The molecule has 9 nitrogen and oxygen atoms in total. The molecule has 0 fully saturated rings. The number of aromatic hydroxyl groups is 2. The van der Waals surface area contributed by atoms with E-state index in [4.69, 9.17) is 0 Å². The van der Waals surface area contributed by atoms with Crippen LogP contribution in [0.4, 0.5) is 0 Å². The number of phenolic OH excluding ortho intramolecular Hbond substituents is 2. The smallest absolute Gasteiger partial charge is 0.388 e. The van der Waals surface area contributed by atoms with Crippen LogP contribution in [0.5, 0.6) is 11.5 Å². The van der Waals surface area contributed by atoms with Gasteiger partial charge in [-0.1, -0.05) is 18.8 Å². The lowest BCUT2D eigenvalue weighted by Crippen LogP contribution is -2.24. The van der Waals surface area contributed by atoms with Gasteiger partial charge in [0.2, 0.25) is 6.33 Å². The zero-order valence-electron chi connectivity index (χ0n) is 14.1. The van der Waals surface area contributed by atoms with Crippen LogP contribution in [0, 0.1) is 0 Å². The first-order valence-corrected chi connectivity index (χ1v) is 8.04. The van der Waals surface area contributed by atoms with Crippen molar-refractivity contribution in [2.24, 2.45) is 0 Å². The highest BCUT2D eigenvalue weighted by molar-refractivity contribution is 5.78. The normalized spacial score (nSPS) is 11.5. The maximum Gasteiger partial charge on any atom is 0.388 e. The molecule has 0 bridgehead atoms. The van der Waals surface area contributed by atoms with Gasteiger partial charge >= 0.3 is 5.69 Å². The zero-order valence-corrected chi connectivity index (χ0v) is 14.1. The first-order chi connectivity index (χ1) is 12.5. The van der Waals surface area contributed by atoms with Gasteiger partial charge in [0.25, 0.3) is 11.5 Å². The second-order valence-electron chi connectivity index (χ2n) is 6.25. The molecule has 0 spiro atoms. The Morgan fingerprint density at radius 3 is 2.73 bits per heavy atom. The predicted octanol–water partition coefficient (Wildman–Crippen LogP) is 1.45. The number of aromatic amines is 3. The lowest BCUT2D eigenvalue weighted by atomic mass is 9.98. The van der Waals surface area contributed by atoms with Crippen LogP contribution in [0.1, 0.15) is 25.3 Å². The summed E-state index contributed by atoms with van der Waals surface area (Å²) >= 11 is 0. The molecule has 0 aliphatic rings. The number of imidazole rings is 2. The van der Waals surface area contributed by atoms with Crippen LogP contribution in [0.2, 0.25) is 0 Å². The maximum atomic E-state index is 12.5. The van der Waals surface area contributed by atoms with Crippen molar-refractivity contribution in [3.05, 3.63) is 47.0 Å². The number of H-pyrrole nitrogens is 3. The number of hydrogen-bond donors (Lipinski definition) is 4. The molecule has 0 saturated carbocycles. The lowest BCUT2D eigenvalue weighted by molar-refractivity contribution is -0.376. The van der Waals surface area contributed by atoms with Crippen LogP contribution in [-0.4, -0.2) is 34.7 Å². The van der Waals surface area contributed by atoms with E-state index in [0.717, 1.165) is 0 Å². The summed E-state index contributed by atoms with van der Waals surface area (Å²) in [5.74, 6) is 0.360. The number of aromatic nitrogens is 6. The Labute approximate surface area is 147 Å². The van der Waals surface area contributed by atoms with Gasteiger partial charge in [0.05, 0.1) is 11.9 Å². The minimum Gasteiger partial charge on any atom is -0.508 e. The van der Waals surface area contributed by atoms with Gasteiger partial charge in [-0.05, 0) is 17.5 Å². The molecule has 3 heterocycles. The summed E-state index contributed by atoms with van der Waals surface area (Å²) in [5, 5.41) is 20.4. The molecule has 0 radical (unpaired) electrons. The topological polar surface area (TPSA) is 134 Å². The fourth-order valence-electron chi connectivity index (χ4n) is 3.01. The highest BCUT2D eigenvalue weighted by Gasteiger charge is 2.24. The Morgan fingerprint density at radius 1 is 1.15 bits per heavy atom. The number of nitrogens with zero attached hydrogens (tertiary/aromatic N) is 3. The standard InChI is InChI=1S/C17H16N6O3/c1-8(2)9-3-10(13(25)4-12(9)24)11-5-18-17(26)23(11)16-14-15(20-6-19-14)21-7-22-16/h3-8,24-25H,1-2H3,(H,18,26)(H,19,20,21,22)/p+1. The van der Waals surface area contributed by atoms with E-state index in [0.29, 0.717) is 33.8 Å². The fourth-order valence-corrected chi connectivity index (χ4v) is 3.01. The van der Waals surface area contributed by atoms with Gasteiger partial charge in [-0.15, -0.1) is 0 Å². The minimum atomic E-state index is -0.392. The first kappa shape index (κ1) is 15.9. The molecule has 0 saturated heterocycles. The van der Waals surface area contributed by atoms with Crippen LogP contribution in [0.25, 0.3) is 28.2 Å². The molecule has 0 amide bonds. The average Bonchev–Trinajstić information content (AvgIpc) is 3.21. The summed E-state index contributed by atoms with van der Waals surface area (Å²) in [6.07, 6.45) is 4.44. The van der Waals surface area contributed by atoms with E-state index >= 15 is 0 Å². The summed E-state index contributed by atoms with van der Waals surface area (Å²) < 4.78 is 1.39. The highest BCUT2D eigenvalue weighted by atomic mass is 16.3. The second kappa shape index (κ2) is 5.73. The molecule has 0 aliphatic heterocycles. The van der Waals surface area contributed by atoms with Gasteiger partial charge in [0.1, 0.15) is 17.2 Å². The van der Waals surface area contributed by atoms with Crippen LogP contribution in [-0.2, 0) is 0 Å². The van der Waals surface area contributed by atoms with E-state index < -0.39 is 5.69 Å². The first-order valence-electron chi connectivity index (χ1n) is 8.04. The zero-order chi connectivity index (χ0) is 18.4. The highest BCUT2D eigenvalue weighted by Crippen LogP contribution is 2.37. The van der Waals surface area contributed by atoms with Crippen molar-refractivity contribution in [2.45, 2.75) is 19.8 Å². The van der Waals surface area contributed by atoms with Gasteiger partial charge < -0.3 is 15.2 Å². The number of fused-ring (bicyclic) bond motifs is 1. The molecule has 26 heavy (non-hydrogen) atoms. The molecule has 1 aromatic carbocycles. The number of phenols is 2. The molecule has 4 rings (SSSR count). The summed E-state index contributed by atoms with van der Waals surface area (Å²) in [5.41, 5.74) is 2.14. The van der Waals surface area contributed by atoms with E-state index in [1.807, 2.05) is 13.8 Å². The van der Waals surface area contributed by atoms with Crippen molar-refractivity contribution >= 4 is 11.2 Å². The SMILES string of the molecule is CC(C)c1cc(-c2c[nH]c(=O)n2-c2[nH+]cnc3nc[nH]c23)c(O)cc1O. The third-order valence-electron chi connectivity index (χ3n) is 4.29. The Balaban J connectivity index is 2.01. The van der Waals surface area contributed by atoms with Crippen molar-refractivity contribution in [2.75, 3.05) is 0 Å². The van der Waals surface area contributed by atoms with Crippen LogP contribution in [0.3, 0.4) is 0 Å². The molecule has 4 aromatic rings. The largest absolute Gasteiger partial charge is 0.508 e. The van der Waals surface area contributed by atoms with Crippen LogP contribution >= 0.6 is 0 Å². The molecular weight excluding hydrogens is 336 g/mol. The Hall–Kier alpha value is -3.62. The van der Waals surface area contributed by atoms with Gasteiger partial charge in [0.15, 0.2) is 5.52 Å². The van der Waals surface area contributed by atoms with Gasteiger partial charge in [-0.3, -0.25) is 4.98 Å².